The Morgan fingerprint density at radius 1 is 1.11 bits per heavy atom. The first-order valence-electron chi connectivity index (χ1n) is 11.5. The van der Waals surface area contributed by atoms with Crippen molar-refractivity contribution < 1.29 is 14.2 Å². The molecule has 2 aromatic carbocycles. The highest BCUT2D eigenvalue weighted by Crippen LogP contribution is 2.40. The van der Waals surface area contributed by atoms with Gasteiger partial charge in [0.05, 0.1) is 42.7 Å². The molecule has 3 heterocycles. The molecule has 2 aromatic heterocycles. The van der Waals surface area contributed by atoms with Crippen molar-refractivity contribution in [3.05, 3.63) is 89.3 Å². The van der Waals surface area contributed by atoms with E-state index in [1.165, 1.54) is 0 Å². The number of aromatic nitrogens is 4. The van der Waals surface area contributed by atoms with E-state index in [9.17, 15) is 0 Å². The zero-order valence-corrected chi connectivity index (χ0v) is 20.8. The highest BCUT2D eigenvalue weighted by molar-refractivity contribution is 6.35. The van der Waals surface area contributed by atoms with Crippen LogP contribution in [0.25, 0.3) is 11.3 Å². The van der Waals surface area contributed by atoms with Crippen LogP contribution in [-0.2, 0) is 28.4 Å². The van der Waals surface area contributed by atoms with Crippen LogP contribution >= 0.6 is 23.2 Å². The molecule has 9 heteroatoms. The standard InChI is InChI=1S/C26H26Cl2N4O3/c1-2-10-32-18-30-13-25(32)19-3-6-21(7-4-19)33-14-22-15-34-26(35-22,16-31-11-9-29-17-31)23-8-5-20(27)12-24(23)28/h3-9,11-13,17-18,22H,2,10,14-16H2,1H3/t22-,26-/m1/s1. The second-order valence-electron chi connectivity index (χ2n) is 8.47. The number of ether oxygens (including phenoxy) is 3. The third-order valence-corrected chi connectivity index (χ3v) is 6.46. The Morgan fingerprint density at radius 2 is 1.97 bits per heavy atom. The Labute approximate surface area is 214 Å². The van der Waals surface area contributed by atoms with Crippen LogP contribution in [0.4, 0.5) is 0 Å². The Bertz CT molecular complexity index is 1260. The fourth-order valence-corrected chi connectivity index (χ4v) is 4.82. The van der Waals surface area contributed by atoms with Crippen molar-refractivity contribution in [3.63, 3.8) is 0 Å². The van der Waals surface area contributed by atoms with Crippen LogP contribution in [-0.4, -0.2) is 38.4 Å². The molecule has 0 amide bonds. The number of nitrogens with zero attached hydrogens (tertiary/aromatic N) is 4. The maximum Gasteiger partial charge on any atom is 0.215 e. The first kappa shape index (κ1) is 23.9. The maximum atomic E-state index is 6.54. The minimum absolute atomic E-state index is 0.282. The molecule has 5 rings (SSSR count). The van der Waals surface area contributed by atoms with Gasteiger partial charge in [0.15, 0.2) is 0 Å². The molecule has 1 aliphatic heterocycles. The molecule has 0 aliphatic carbocycles. The fourth-order valence-electron chi connectivity index (χ4n) is 4.27. The molecular weight excluding hydrogens is 487 g/mol. The second-order valence-corrected chi connectivity index (χ2v) is 9.31. The molecule has 1 aliphatic rings. The largest absolute Gasteiger partial charge is 0.491 e. The molecule has 7 nitrogen and oxygen atoms in total. The summed E-state index contributed by atoms with van der Waals surface area (Å²) in [6, 6.07) is 13.3. The molecule has 2 atom stereocenters. The summed E-state index contributed by atoms with van der Waals surface area (Å²) in [5, 5.41) is 1.03. The zero-order chi connectivity index (χ0) is 24.3. The average Bonchev–Trinajstić information content (AvgIpc) is 3.61. The Balaban J connectivity index is 1.28. The van der Waals surface area contributed by atoms with E-state index in [2.05, 4.69) is 21.5 Å². The topological polar surface area (TPSA) is 63.3 Å². The number of halogens is 2. The Kier molecular flexibility index (Phi) is 7.11. The molecule has 1 fully saturated rings. The van der Waals surface area contributed by atoms with Gasteiger partial charge in [0.25, 0.3) is 0 Å². The molecule has 35 heavy (non-hydrogen) atoms. The van der Waals surface area contributed by atoms with Crippen molar-refractivity contribution in [1.82, 2.24) is 19.1 Å². The quantitative estimate of drug-likeness (QED) is 0.283. The highest BCUT2D eigenvalue weighted by atomic mass is 35.5. The van der Waals surface area contributed by atoms with Gasteiger partial charge in [-0.3, -0.25) is 0 Å². The lowest BCUT2D eigenvalue weighted by Crippen LogP contribution is -2.34. The lowest BCUT2D eigenvalue weighted by atomic mass is 10.1. The normalized spacial score (nSPS) is 19.8. The van der Waals surface area contributed by atoms with Crippen LogP contribution in [0.2, 0.25) is 10.0 Å². The number of rotatable bonds is 9. The predicted molar refractivity (Wildman–Crippen MR) is 135 cm³/mol. The van der Waals surface area contributed by atoms with Crippen molar-refractivity contribution in [3.8, 4) is 17.0 Å². The van der Waals surface area contributed by atoms with Crippen LogP contribution in [0.3, 0.4) is 0 Å². The number of imidazole rings is 2. The summed E-state index contributed by atoms with van der Waals surface area (Å²) in [4.78, 5) is 8.41. The van der Waals surface area contributed by atoms with Crippen LogP contribution in [0, 0.1) is 0 Å². The van der Waals surface area contributed by atoms with Gasteiger partial charge in [-0.2, -0.15) is 0 Å². The van der Waals surface area contributed by atoms with Gasteiger partial charge in [-0.25, -0.2) is 9.97 Å². The van der Waals surface area contributed by atoms with Crippen molar-refractivity contribution in [1.29, 1.82) is 0 Å². The minimum Gasteiger partial charge on any atom is -0.491 e. The molecule has 0 unspecified atom stereocenters. The monoisotopic (exact) mass is 512 g/mol. The third-order valence-electron chi connectivity index (χ3n) is 5.91. The number of aryl methyl sites for hydroxylation is 1. The second kappa shape index (κ2) is 10.4. The molecule has 0 bridgehead atoms. The predicted octanol–water partition coefficient (Wildman–Crippen LogP) is 5.81. The van der Waals surface area contributed by atoms with E-state index in [-0.39, 0.29) is 6.10 Å². The zero-order valence-electron chi connectivity index (χ0n) is 19.3. The summed E-state index contributed by atoms with van der Waals surface area (Å²) in [5.41, 5.74) is 2.91. The Morgan fingerprint density at radius 3 is 2.71 bits per heavy atom. The van der Waals surface area contributed by atoms with Gasteiger partial charge in [-0.05, 0) is 42.8 Å². The molecule has 0 saturated carbocycles. The summed E-state index contributed by atoms with van der Waals surface area (Å²) in [6.07, 6.45) is 9.81. The van der Waals surface area contributed by atoms with Gasteiger partial charge in [-0.1, -0.05) is 36.2 Å². The van der Waals surface area contributed by atoms with Gasteiger partial charge < -0.3 is 23.3 Å². The molecule has 182 valence electrons. The summed E-state index contributed by atoms with van der Waals surface area (Å²) in [6.45, 7) is 4.18. The summed E-state index contributed by atoms with van der Waals surface area (Å²) < 4.78 is 22.8. The lowest BCUT2D eigenvalue weighted by molar-refractivity contribution is -0.189. The third kappa shape index (κ3) is 5.23. The molecule has 0 radical (unpaired) electrons. The van der Waals surface area contributed by atoms with Gasteiger partial charge in [0.2, 0.25) is 5.79 Å². The SMILES string of the molecule is CCCn1cncc1-c1ccc(OC[C@@H]2CO[C@@](Cn3ccnc3)(c3ccc(Cl)cc3Cl)O2)cc1. The average molecular weight is 513 g/mol. The Hall–Kier alpha value is -2.84. The van der Waals surface area contributed by atoms with E-state index in [4.69, 9.17) is 37.4 Å². The van der Waals surface area contributed by atoms with E-state index in [1.807, 2.05) is 53.6 Å². The van der Waals surface area contributed by atoms with Crippen LogP contribution in [0.15, 0.2) is 73.7 Å². The van der Waals surface area contributed by atoms with Gasteiger partial charge >= 0.3 is 0 Å². The van der Waals surface area contributed by atoms with Crippen molar-refractivity contribution >= 4 is 23.2 Å². The molecule has 0 spiro atoms. The summed E-state index contributed by atoms with van der Waals surface area (Å²) in [5.74, 6) is -0.312. The van der Waals surface area contributed by atoms with E-state index in [0.717, 1.165) is 30.0 Å². The van der Waals surface area contributed by atoms with Crippen molar-refractivity contribution in [2.24, 2.45) is 0 Å². The van der Waals surface area contributed by atoms with Crippen molar-refractivity contribution in [2.45, 2.75) is 38.3 Å². The smallest absolute Gasteiger partial charge is 0.215 e. The fraction of sp³-hybridized carbons (Fsp3) is 0.308. The number of hydrogen-bond donors (Lipinski definition) is 0. The molecule has 1 saturated heterocycles. The first-order valence-corrected chi connectivity index (χ1v) is 12.3. The van der Waals surface area contributed by atoms with Crippen LogP contribution in [0.1, 0.15) is 18.9 Å². The van der Waals surface area contributed by atoms with Gasteiger partial charge in [-0.15, -0.1) is 0 Å². The van der Waals surface area contributed by atoms with E-state index in [0.29, 0.717) is 35.4 Å². The van der Waals surface area contributed by atoms with Gasteiger partial charge in [0.1, 0.15) is 18.5 Å². The first-order chi connectivity index (χ1) is 17.1. The molecule has 0 N–H and O–H groups in total. The summed E-state index contributed by atoms with van der Waals surface area (Å²) in [7, 11) is 0. The number of hydrogen-bond acceptors (Lipinski definition) is 5. The number of benzene rings is 2. The van der Waals surface area contributed by atoms with Gasteiger partial charge in [0, 0.05) is 35.1 Å². The molecular formula is C26H26Cl2N4O3. The van der Waals surface area contributed by atoms with E-state index < -0.39 is 5.79 Å². The van der Waals surface area contributed by atoms with Crippen LogP contribution in [0.5, 0.6) is 5.75 Å². The molecule has 4 aromatic rings. The van der Waals surface area contributed by atoms with E-state index >= 15 is 0 Å². The lowest BCUT2D eigenvalue weighted by Gasteiger charge is -2.30. The highest BCUT2D eigenvalue weighted by Gasteiger charge is 2.45. The maximum absolute atomic E-state index is 6.54. The minimum atomic E-state index is -1.07. The van der Waals surface area contributed by atoms with Crippen LogP contribution < -0.4 is 4.74 Å². The summed E-state index contributed by atoms with van der Waals surface area (Å²) >= 11 is 12.7. The van der Waals surface area contributed by atoms with E-state index in [1.54, 1.807) is 24.7 Å². The van der Waals surface area contributed by atoms with Crippen molar-refractivity contribution in [2.75, 3.05) is 13.2 Å².